The fourth-order valence-corrected chi connectivity index (χ4v) is 3.76. The zero-order chi connectivity index (χ0) is 18.4. The molecule has 0 unspecified atom stereocenters. The number of likely N-dealkylation sites (tertiary alicyclic amines) is 1. The Kier molecular flexibility index (Phi) is 6.27. The zero-order valence-corrected chi connectivity index (χ0v) is 15.5. The molecule has 0 radical (unpaired) electrons. The molecule has 1 aliphatic rings. The molecule has 0 bridgehead atoms. The van der Waals surface area contributed by atoms with Gasteiger partial charge in [-0.1, -0.05) is 30.0 Å². The van der Waals surface area contributed by atoms with Crippen molar-refractivity contribution >= 4 is 23.6 Å². The van der Waals surface area contributed by atoms with Crippen molar-refractivity contribution in [1.82, 2.24) is 19.7 Å². The molecule has 1 aliphatic heterocycles. The summed E-state index contributed by atoms with van der Waals surface area (Å²) in [6.07, 6.45) is 2.97. The quantitative estimate of drug-likeness (QED) is 0.570. The number of esters is 1. The average molecular weight is 374 g/mol. The third-order valence-corrected chi connectivity index (χ3v) is 5.27. The monoisotopic (exact) mass is 374 g/mol. The van der Waals surface area contributed by atoms with Gasteiger partial charge in [-0.2, -0.15) is 0 Å². The fourth-order valence-electron chi connectivity index (χ4n) is 2.93. The molecule has 1 saturated heterocycles. The van der Waals surface area contributed by atoms with Crippen LogP contribution in [-0.2, 0) is 14.3 Å². The van der Waals surface area contributed by atoms with E-state index in [2.05, 4.69) is 10.2 Å². The predicted molar refractivity (Wildman–Crippen MR) is 98.0 cm³/mol. The summed E-state index contributed by atoms with van der Waals surface area (Å²) in [4.78, 5) is 26.1. The Bertz CT molecular complexity index is 742. The second-order valence-corrected chi connectivity index (χ2v) is 6.96. The number of carbonyl (C=O) groups is 2. The summed E-state index contributed by atoms with van der Waals surface area (Å²) >= 11 is 1.37. The number of hydrogen-bond donors (Lipinski definition) is 0. The third kappa shape index (κ3) is 4.43. The maximum atomic E-state index is 12.5. The van der Waals surface area contributed by atoms with E-state index < -0.39 is 0 Å². The van der Waals surface area contributed by atoms with Gasteiger partial charge in [0.15, 0.2) is 5.16 Å². The Morgan fingerprint density at radius 2 is 1.96 bits per heavy atom. The Hall–Kier alpha value is -2.35. The summed E-state index contributed by atoms with van der Waals surface area (Å²) in [7, 11) is 0. The summed E-state index contributed by atoms with van der Waals surface area (Å²) in [5.74, 6) is 0.118. The van der Waals surface area contributed by atoms with Gasteiger partial charge in [-0.05, 0) is 31.9 Å². The minimum absolute atomic E-state index is 0.0555. The van der Waals surface area contributed by atoms with Gasteiger partial charge in [-0.3, -0.25) is 14.2 Å². The van der Waals surface area contributed by atoms with Crippen LogP contribution in [0.25, 0.3) is 5.69 Å². The first-order valence-corrected chi connectivity index (χ1v) is 9.70. The molecule has 1 amide bonds. The summed E-state index contributed by atoms with van der Waals surface area (Å²) in [5.41, 5.74) is 0.961. The fraction of sp³-hybridized carbons (Fsp3) is 0.444. The van der Waals surface area contributed by atoms with Crippen molar-refractivity contribution in [3.05, 3.63) is 36.7 Å². The largest absolute Gasteiger partial charge is 0.466 e. The van der Waals surface area contributed by atoms with Gasteiger partial charge in [0, 0.05) is 18.8 Å². The molecule has 0 N–H and O–H groups in total. The maximum absolute atomic E-state index is 12.5. The first-order chi connectivity index (χ1) is 12.7. The first kappa shape index (κ1) is 18.4. The minimum Gasteiger partial charge on any atom is -0.466 e. The molecule has 138 valence electrons. The van der Waals surface area contributed by atoms with Crippen LogP contribution in [0.1, 0.15) is 19.8 Å². The van der Waals surface area contributed by atoms with E-state index in [1.807, 2.05) is 46.7 Å². The lowest BCUT2D eigenvalue weighted by Crippen LogP contribution is -2.41. The van der Waals surface area contributed by atoms with Crippen LogP contribution in [0, 0.1) is 5.92 Å². The highest BCUT2D eigenvalue weighted by Crippen LogP contribution is 2.22. The molecule has 26 heavy (non-hydrogen) atoms. The molecule has 0 aliphatic carbocycles. The minimum atomic E-state index is -0.148. The van der Waals surface area contributed by atoms with Gasteiger partial charge in [0.2, 0.25) is 5.91 Å². The highest BCUT2D eigenvalue weighted by atomic mass is 32.2. The van der Waals surface area contributed by atoms with Crippen LogP contribution < -0.4 is 0 Å². The second kappa shape index (κ2) is 8.84. The normalized spacial score (nSPS) is 15.0. The van der Waals surface area contributed by atoms with Crippen LogP contribution in [0.2, 0.25) is 0 Å². The van der Waals surface area contributed by atoms with Crippen molar-refractivity contribution < 1.29 is 14.3 Å². The van der Waals surface area contributed by atoms with Crippen LogP contribution >= 0.6 is 11.8 Å². The summed E-state index contributed by atoms with van der Waals surface area (Å²) in [6.45, 7) is 3.39. The number of ether oxygens (including phenoxy) is 1. The van der Waals surface area contributed by atoms with Crippen LogP contribution in [-0.4, -0.2) is 57.0 Å². The second-order valence-electron chi connectivity index (χ2n) is 6.01. The number of carbonyl (C=O) groups excluding carboxylic acids is 2. The van der Waals surface area contributed by atoms with Gasteiger partial charge in [0.1, 0.15) is 6.33 Å². The van der Waals surface area contributed by atoms with Gasteiger partial charge >= 0.3 is 5.97 Å². The molecule has 3 rings (SSSR count). The van der Waals surface area contributed by atoms with E-state index in [-0.39, 0.29) is 17.8 Å². The number of aromatic nitrogens is 3. The Morgan fingerprint density at radius 1 is 1.23 bits per heavy atom. The summed E-state index contributed by atoms with van der Waals surface area (Å²) < 4.78 is 6.93. The number of hydrogen-bond acceptors (Lipinski definition) is 6. The maximum Gasteiger partial charge on any atom is 0.309 e. The topological polar surface area (TPSA) is 77.3 Å². The lowest BCUT2D eigenvalue weighted by molar-refractivity contribution is -0.151. The van der Waals surface area contributed by atoms with Crippen molar-refractivity contribution in [3.8, 4) is 5.69 Å². The number of benzene rings is 1. The van der Waals surface area contributed by atoms with E-state index in [0.29, 0.717) is 43.4 Å². The predicted octanol–water partition coefficient (Wildman–Crippen LogP) is 2.16. The molecule has 8 heteroatoms. The third-order valence-electron chi connectivity index (χ3n) is 4.34. The first-order valence-electron chi connectivity index (χ1n) is 8.71. The lowest BCUT2D eigenvalue weighted by Gasteiger charge is -2.30. The molecule has 0 spiro atoms. The van der Waals surface area contributed by atoms with E-state index in [1.54, 1.807) is 6.33 Å². The van der Waals surface area contributed by atoms with Crippen molar-refractivity contribution in [2.45, 2.75) is 24.9 Å². The number of thioether (sulfide) groups is 1. The van der Waals surface area contributed by atoms with E-state index >= 15 is 0 Å². The molecule has 2 heterocycles. The molecular formula is C18H22N4O3S. The standard InChI is InChI=1S/C18H22N4O3S/c1-2-25-17(24)14-8-10-21(11-9-14)16(23)12-26-18-20-19-13-22(18)15-6-4-3-5-7-15/h3-7,13-14H,2,8-12H2,1H3. The van der Waals surface area contributed by atoms with Crippen molar-refractivity contribution in [2.24, 2.45) is 5.92 Å². The smallest absolute Gasteiger partial charge is 0.309 e. The summed E-state index contributed by atoms with van der Waals surface area (Å²) in [5, 5.41) is 8.75. The molecule has 1 aromatic heterocycles. The molecule has 0 atom stereocenters. The van der Waals surface area contributed by atoms with Crippen molar-refractivity contribution in [2.75, 3.05) is 25.4 Å². The number of rotatable bonds is 6. The van der Waals surface area contributed by atoms with Crippen LogP contribution in [0.4, 0.5) is 0 Å². The molecule has 7 nitrogen and oxygen atoms in total. The summed E-state index contributed by atoms with van der Waals surface area (Å²) in [6, 6.07) is 9.78. The number of amides is 1. The average Bonchev–Trinajstić information content (AvgIpc) is 3.16. The Morgan fingerprint density at radius 3 is 2.65 bits per heavy atom. The van der Waals surface area contributed by atoms with Gasteiger partial charge in [0.05, 0.1) is 18.3 Å². The molecule has 0 saturated carbocycles. The van der Waals surface area contributed by atoms with E-state index in [9.17, 15) is 9.59 Å². The van der Waals surface area contributed by atoms with Crippen LogP contribution in [0.15, 0.2) is 41.8 Å². The number of nitrogens with zero attached hydrogens (tertiary/aromatic N) is 4. The van der Waals surface area contributed by atoms with Crippen molar-refractivity contribution in [1.29, 1.82) is 0 Å². The van der Waals surface area contributed by atoms with Crippen LogP contribution in [0.3, 0.4) is 0 Å². The Labute approximate surface area is 156 Å². The molecule has 1 fully saturated rings. The van der Waals surface area contributed by atoms with Crippen molar-refractivity contribution in [3.63, 3.8) is 0 Å². The van der Waals surface area contributed by atoms with Gasteiger partial charge in [-0.25, -0.2) is 0 Å². The van der Waals surface area contributed by atoms with Gasteiger partial charge in [0.25, 0.3) is 0 Å². The highest BCUT2D eigenvalue weighted by Gasteiger charge is 2.28. The Balaban J connectivity index is 1.52. The number of para-hydroxylation sites is 1. The molecular weight excluding hydrogens is 352 g/mol. The van der Waals surface area contributed by atoms with E-state index in [1.165, 1.54) is 11.8 Å². The van der Waals surface area contributed by atoms with E-state index in [4.69, 9.17) is 4.74 Å². The SMILES string of the molecule is CCOC(=O)C1CCN(C(=O)CSc2nncn2-c2ccccc2)CC1. The molecule has 1 aromatic carbocycles. The number of piperidine rings is 1. The molecule has 2 aromatic rings. The van der Waals surface area contributed by atoms with Gasteiger partial charge < -0.3 is 9.64 Å². The van der Waals surface area contributed by atoms with Gasteiger partial charge in [-0.15, -0.1) is 10.2 Å². The van der Waals surface area contributed by atoms with Crippen LogP contribution in [0.5, 0.6) is 0 Å². The highest BCUT2D eigenvalue weighted by molar-refractivity contribution is 7.99. The van der Waals surface area contributed by atoms with E-state index in [0.717, 1.165) is 5.69 Å². The lowest BCUT2D eigenvalue weighted by atomic mass is 9.97. The zero-order valence-electron chi connectivity index (χ0n) is 14.7.